The number of carboxylic acid groups (broad SMARTS) is 2. The minimum atomic E-state index is -1.52. The highest BCUT2D eigenvalue weighted by molar-refractivity contribution is 5.87. The van der Waals surface area contributed by atoms with Crippen LogP contribution in [0.1, 0.15) is 50.8 Å². The molecule has 0 radical (unpaired) electrons. The van der Waals surface area contributed by atoms with E-state index in [2.05, 4.69) is 15.6 Å². The first kappa shape index (κ1) is 22.0. The van der Waals surface area contributed by atoms with Crippen molar-refractivity contribution in [1.29, 1.82) is 0 Å². The Balaban J connectivity index is 2.11. The highest BCUT2D eigenvalue weighted by atomic mass is 16.6. The predicted molar refractivity (Wildman–Crippen MR) is 117 cm³/mol. The molecule has 2 aromatic carbocycles. The van der Waals surface area contributed by atoms with Gasteiger partial charge in [0.25, 0.3) is 0 Å². The second kappa shape index (κ2) is 7.70. The minimum Gasteiger partial charge on any atom is -0.481 e. The van der Waals surface area contributed by atoms with Crippen molar-refractivity contribution < 1.29 is 24.4 Å². The van der Waals surface area contributed by atoms with Crippen LogP contribution in [0.5, 0.6) is 0 Å². The summed E-state index contributed by atoms with van der Waals surface area (Å²) in [4.78, 5) is 26.1. The summed E-state index contributed by atoms with van der Waals surface area (Å²) in [5.41, 5.74) is -0.825. The average Bonchev–Trinajstić information content (AvgIpc) is 3.24. The Morgan fingerprint density at radius 3 is 2.31 bits per heavy atom. The van der Waals surface area contributed by atoms with E-state index in [-0.39, 0.29) is 0 Å². The molecule has 0 amide bonds. The van der Waals surface area contributed by atoms with E-state index in [9.17, 15) is 19.8 Å². The van der Waals surface area contributed by atoms with Crippen LogP contribution in [0, 0.1) is 16.7 Å². The number of aliphatic carboxylic acids is 2. The highest BCUT2D eigenvalue weighted by Gasteiger charge is 2.67. The maximum atomic E-state index is 13.1. The lowest BCUT2D eigenvalue weighted by Crippen LogP contribution is -2.68. The first-order valence-corrected chi connectivity index (χ1v) is 10.7. The molecular formula is C24H27N3O5. The molecule has 168 valence electrons. The van der Waals surface area contributed by atoms with E-state index in [1.165, 1.54) is 0 Å². The van der Waals surface area contributed by atoms with Crippen LogP contribution < -0.4 is 5.32 Å². The van der Waals surface area contributed by atoms with E-state index in [1.54, 1.807) is 25.1 Å². The van der Waals surface area contributed by atoms with Crippen molar-refractivity contribution in [2.24, 2.45) is 16.7 Å². The Morgan fingerprint density at radius 2 is 1.72 bits per heavy atom. The van der Waals surface area contributed by atoms with Gasteiger partial charge in [0.05, 0.1) is 10.8 Å². The summed E-state index contributed by atoms with van der Waals surface area (Å²) >= 11 is 0. The van der Waals surface area contributed by atoms with Crippen LogP contribution in [0.4, 0.5) is 0 Å². The van der Waals surface area contributed by atoms with Crippen LogP contribution in [0.2, 0.25) is 0 Å². The molecule has 5 atom stereocenters. The van der Waals surface area contributed by atoms with Gasteiger partial charge in [0.15, 0.2) is 0 Å². The fraction of sp³-hybridized carbons (Fsp3) is 0.417. The molecule has 0 saturated carbocycles. The summed E-state index contributed by atoms with van der Waals surface area (Å²) in [5.74, 6) is -3.46. The molecule has 1 aliphatic heterocycles. The average molecular weight is 437 g/mol. The summed E-state index contributed by atoms with van der Waals surface area (Å²) in [6, 6.07) is 13.3. The number of hydrogen-bond acceptors (Lipinski definition) is 6. The van der Waals surface area contributed by atoms with Gasteiger partial charge in [-0.25, -0.2) is 4.63 Å². The fourth-order valence-electron chi connectivity index (χ4n) is 5.84. The molecule has 1 aromatic heterocycles. The first-order chi connectivity index (χ1) is 15.2. The third kappa shape index (κ3) is 2.86. The number of nitrogens with one attached hydrogen (secondary N) is 1. The Morgan fingerprint density at radius 1 is 1.03 bits per heavy atom. The zero-order valence-electron chi connectivity index (χ0n) is 18.4. The van der Waals surface area contributed by atoms with Gasteiger partial charge >= 0.3 is 11.9 Å². The maximum Gasteiger partial charge on any atom is 0.312 e. The van der Waals surface area contributed by atoms with Crippen molar-refractivity contribution in [3.05, 3.63) is 59.7 Å². The number of fused-ring (bicyclic) bond motifs is 1. The normalized spacial score (nSPS) is 30.5. The molecule has 5 unspecified atom stereocenters. The summed E-state index contributed by atoms with van der Waals surface area (Å²) < 4.78 is 4.94. The second-order valence-corrected chi connectivity index (χ2v) is 9.12. The summed E-state index contributed by atoms with van der Waals surface area (Å²) in [6.07, 6.45) is 0. The lowest BCUT2D eigenvalue weighted by Gasteiger charge is -2.58. The number of nitrogens with zero attached hydrogens (tertiary/aromatic N) is 2. The van der Waals surface area contributed by atoms with Crippen molar-refractivity contribution in [2.45, 2.75) is 45.7 Å². The molecule has 1 fully saturated rings. The summed E-state index contributed by atoms with van der Waals surface area (Å²) in [5, 5.41) is 32.7. The van der Waals surface area contributed by atoms with E-state index >= 15 is 0 Å². The number of piperidine rings is 1. The zero-order chi connectivity index (χ0) is 23.3. The van der Waals surface area contributed by atoms with Gasteiger partial charge in [-0.1, -0.05) is 56.3 Å². The molecule has 3 aromatic rings. The number of rotatable bonds is 5. The van der Waals surface area contributed by atoms with E-state index in [4.69, 9.17) is 4.63 Å². The molecule has 3 N–H and O–H groups in total. The Kier molecular flexibility index (Phi) is 5.29. The molecule has 1 saturated heterocycles. The van der Waals surface area contributed by atoms with Gasteiger partial charge < -0.3 is 15.5 Å². The van der Waals surface area contributed by atoms with Gasteiger partial charge in [0.2, 0.25) is 0 Å². The fourth-order valence-corrected chi connectivity index (χ4v) is 5.84. The third-order valence-electron chi connectivity index (χ3n) is 7.36. The maximum absolute atomic E-state index is 13.1. The number of carbonyl (C=O) groups is 2. The number of hydrogen-bond donors (Lipinski definition) is 3. The summed E-state index contributed by atoms with van der Waals surface area (Å²) in [6.45, 7) is 7.10. The minimum absolute atomic E-state index is 0.386. The van der Waals surface area contributed by atoms with Crippen molar-refractivity contribution in [3.8, 4) is 0 Å². The van der Waals surface area contributed by atoms with Crippen LogP contribution in [-0.2, 0) is 9.59 Å². The standard InChI is InChI=1S/C24H27N3O5/c1-13(2)24(22(30)31)14(3)25-20(15-9-6-5-7-10-15)23(4,21(28)29)19(24)16-11-8-12-17-18(16)27-32-26-17/h5-14,19-20,25H,1-4H3,(H,28,29)(H,30,31). The Hall–Kier alpha value is -3.26. The smallest absolute Gasteiger partial charge is 0.312 e. The number of carboxylic acids is 2. The van der Waals surface area contributed by atoms with Gasteiger partial charge in [0, 0.05) is 18.0 Å². The Labute approximate surface area is 185 Å². The molecular weight excluding hydrogens is 410 g/mol. The van der Waals surface area contributed by atoms with Crippen LogP contribution >= 0.6 is 0 Å². The monoisotopic (exact) mass is 437 g/mol. The molecule has 0 spiro atoms. The third-order valence-corrected chi connectivity index (χ3v) is 7.36. The molecule has 4 rings (SSSR count). The number of aromatic nitrogens is 2. The van der Waals surface area contributed by atoms with Crippen LogP contribution in [0.15, 0.2) is 53.2 Å². The SMILES string of the molecule is CC(C)C1(C(=O)O)C(C)NC(c2ccccc2)C(C)(C(=O)O)C1c1cccc2nonc12. The van der Waals surface area contributed by atoms with Crippen LogP contribution in [0.25, 0.3) is 11.0 Å². The van der Waals surface area contributed by atoms with E-state index in [0.717, 1.165) is 5.56 Å². The lowest BCUT2D eigenvalue weighted by molar-refractivity contribution is -0.176. The van der Waals surface area contributed by atoms with Crippen molar-refractivity contribution >= 4 is 23.0 Å². The molecule has 32 heavy (non-hydrogen) atoms. The predicted octanol–water partition coefficient (Wildman–Crippen LogP) is 3.86. The van der Waals surface area contributed by atoms with Gasteiger partial charge in [-0.3, -0.25) is 9.59 Å². The topological polar surface area (TPSA) is 126 Å². The van der Waals surface area contributed by atoms with Crippen LogP contribution in [0.3, 0.4) is 0 Å². The van der Waals surface area contributed by atoms with E-state index in [1.807, 2.05) is 51.1 Å². The first-order valence-electron chi connectivity index (χ1n) is 10.7. The Bertz CT molecular complexity index is 1160. The molecule has 1 aliphatic rings. The largest absolute Gasteiger partial charge is 0.481 e. The van der Waals surface area contributed by atoms with Gasteiger partial charge in [-0.05, 0) is 47.3 Å². The van der Waals surface area contributed by atoms with Gasteiger partial charge in [0.1, 0.15) is 11.0 Å². The molecule has 2 heterocycles. The molecule has 8 heteroatoms. The quantitative estimate of drug-likeness (QED) is 0.549. The molecule has 8 nitrogen and oxygen atoms in total. The van der Waals surface area contributed by atoms with Crippen LogP contribution in [-0.4, -0.2) is 38.5 Å². The van der Waals surface area contributed by atoms with Crippen molar-refractivity contribution in [3.63, 3.8) is 0 Å². The zero-order valence-corrected chi connectivity index (χ0v) is 18.4. The van der Waals surface area contributed by atoms with E-state index < -0.39 is 46.7 Å². The number of benzene rings is 2. The molecule has 0 bridgehead atoms. The van der Waals surface area contributed by atoms with Crippen molar-refractivity contribution in [2.75, 3.05) is 0 Å². The summed E-state index contributed by atoms with van der Waals surface area (Å²) in [7, 11) is 0. The van der Waals surface area contributed by atoms with E-state index in [0.29, 0.717) is 16.6 Å². The van der Waals surface area contributed by atoms with Gasteiger partial charge in [-0.2, -0.15) is 0 Å². The molecule has 0 aliphatic carbocycles. The van der Waals surface area contributed by atoms with Gasteiger partial charge in [-0.15, -0.1) is 0 Å². The lowest BCUT2D eigenvalue weighted by atomic mass is 9.48. The second-order valence-electron chi connectivity index (χ2n) is 9.12. The van der Waals surface area contributed by atoms with Crippen molar-refractivity contribution in [1.82, 2.24) is 15.6 Å². The highest BCUT2D eigenvalue weighted by Crippen LogP contribution is 2.62.